The van der Waals surface area contributed by atoms with Crippen LogP contribution in [-0.4, -0.2) is 20.3 Å². The average Bonchev–Trinajstić information content (AvgIpc) is 2.61. The predicted octanol–water partition coefficient (Wildman–Crippen LogP) is 2.63. The second-order valence-corrected chi connectivity index (χ2v) is 5.24. The molecule has 2 aromatic carbocycles. The predicted molar refractivity (Wildman–Crippen MR) is 85.7 cm³/mol. The van der Waals surface area contributed by atoms with Crippen molar-refractivity contribution >= 4 is 0 Å². The summed E-state index contributed by atoms with van der Waals surface area (Å²) in [4.78, 5) is 0. The normalized spacial score (nSPS) is 12.5. The molecular weight excluding hydrogens is 292 g/mol. The lowest BCUT2D eigenvalue weighted by Crippen LogP contribution is -2.17. The Morgan fingerprint density at radius 1 is 1.13 bits per heavy atom. The van der Waals surface area contributed by atoms with Crippen molar-refractivity contribution in [2.75, 3.05) is 20.3 Å². The van der Waals surface area contributed by atoms with Crippen molar-refractivity contribution in [1.82, 2.24) is 5.32 Å². The van der Waals surface area contributed by atoms with Gasteiger partial charge in [0.2, 0.25) is 5.75 Å². The van der Waals surface area contributed by atoms with E-state index in [1.165, 1.54) is 0 Å². The summed E-state index contributed by atoms with van der Waals surface area (Å²) in [5, 5.41) is 12.3. The van der Waals surface area contributed by atoms with E-state index in [1.807, 2.05) is 30.3 Å². The van der Waals surface area contributed by atoms with E-state index in [0.717, 1.165) is 16.9 Å². The first-order valence-electron chi connectivity index (χ1n) is 7.46. The molecule has 1 heterocycles. The van der Waals surface area contributed by atoms with Crippen LogP contribution in [0, 0.1) is 11.3 Å². The molecule has 118 valence electrons. The van der Waals surface area contributed by atoms with E-state index in [4.69, 9.17) is 19.5 Å². The highest BCUT2D eigenvalue weighted by atomic mass is 16.6. The second-order valence-electron chi connectivity index (χ2n) is 5.24. The SMILES string of the molecule is COc1cc(CNCc2cccc(C#N)c2)cc2c1OCCO2. The summed E-state index contributed by atoms with van der Waals surface area (Å²) < 4.78 is 16.6. The van der Waals surface area contributed by atoms with Crippen LogP contribution in [0.4, 0.5) is 0 Å². The molecule has 0 bridgehead atoms. The molecule has 2 aromatic rings. The van der Waals surface area contributed by atoms with Crippen LogP contribution >= 0.6 is 0 Å². The summed E-state index contributed by atoms with van der Waals surface area (Å²) in [6, 6.07) is 13.6. The lowest BCUT2D eigenvalue weighted by Gasteiger charge is -2.21. The van der Waals surface area contributed by atoms with Gasteiger partial charge in [-0.2, -0.15) is 5.26 Å². The molecular formula is C18H18N2O3. The van der Waals surface area contributed by atoms with Gasteiger partial charge in [0.25, 0.3) is 0 Å². The van der Waals surface area contributed by atoms with Gasteiger partial charge < -0.3 is 19.5 Å². The quantitative estimate of drug-likeness (QED) is 0.920. The topological polar surface area (TPSA) is 63.5 Å². The van der Waals surface area contributed by atoms with Gasteiger partial charge in [-0.05, 0) is 35.4 Å². The van der Waals surface area contributed by atoms with Gasteiger partial charge in [-0.25, -0.2) is 0 Å². The van der Waals surface area contributed by atoms with Gasteiger partial charge in [-0.1, -0.05) is 12.1 Å². The Morgan fingerprint density at radius 2 is 1.96 bits per heavy atom. The lowest BCUT2D eigenvalue weighted by atomic mass is 10.1. The van der Waals surface area contributed by atoms with Gasteiger partial charge in [-0.15, -0.1) is 0 Å². The molecule has 0 amide bonds. The third-order valence-electron chi connectivity index (χ3n) is 3.60. The van der Waals surface area contributed by atoms with Crippen LogP contribution in [0.25, 0.3) is 0 Å². The Labute approximate surface area is 135 Å². The Hall–Kier alpha value is -2.71. The number of nitriles is 1. The number of benzene rings is 2. The molecule has 5 nitrogen and oxygen atoms in total. The Balaban J connectivity index is 1.67. The fourth-order valence-corrected chi connectivity index (χ4v) is 2.53. The first-order valence-corrected chi connectivity index (χ1v) is 7.46. The minimum atomic E-state index is 0.538. The summed E-state index contributed by atoms with van der Waals surface area (Å²) in [6.07, 6.45) is 0. The van der Waals surface area contributed by atoms with Gasteiger partial charge in [0.15, 0.2) is 11.5 Å². The first kappa shape index (κ1) is 15.2. The van der Waals surface area contributed by atoms with E-state index in [-0.39, 0.29) is 0 Å². The molecule has 1 aliphatic rings. The van der Waals surface area contributed by atoms with Crippen molar-refractivity contribution < 1.29 is 14.2 Å². The van der Waals surface area contributed by atoms with Crippen molar-refractivity contribution in [3.05, 3.63) is 53.1 Å². The molecule has 0 fully saturated rings. The summed E-state index contributed by atoms with van der Waals surface area (Å²) in [6.45, 7) is 2.44. The number of hydrogen-bond donors (Lipinski definition) is 1. The molecule has 0 saturated carbocycles. The number of nitrogens with zero attached hydrogens (tertiary/aromatic N) is 1. The van der Waals surface area contributed by atoms with Gasteiger partial charge in [-0.3, -0.25) is 0 Å². The van der Waals surface area contributed by atoms with Crippen LogP contribution in [0.2, 0.25) is 0 Å². The zero-order chi connectivity index (χ0) is 16.1. The largest absolute Gasteiger partial charge is 0.493 e. The lowest BCUT2D eigenvalue weighted by molar-refractivity contribution is 0.165. The number of ether oxygens (including phenoxy) is 3. The van der Waals surface area contributed by atoms with E-state index in [1.54, 1.807) is 13.2 Å². The zero-order valence-electron chi connectivity index (χ0n) is 13.0. The average molecular weight is 310 g/mol. The Bertz CT molecular complexity index is 720. The molecule has 5 heteroatoms. The van der Waals surface area contributed by atoms with Crippen LogP contribution in [-0.2, 0) is 13.1 Å². The summed E-state index contributed by atoms with van der Waals surface area (Å²) in [7, 11) is 1.62. The highest BCUT2D eigenvalue weighted by molar-refractivity contribution is 5.54. The molecule has 0 radical (unpaired) electrons. The highest BCUT2D eigenvalue weighted by Crippen LogP contribution is 2.40. The van der Waals surface area contributed by atoms with E-state index in [2.05, 4.69) is 11.4 Å². The van der Waals surface area contributed by atoms with E-state index in [0.29, 0.717) is 43.4 Å². The highest BCUT2D eigenvalue weighted by Gasteiger charge is 2.18. The number of fused-ring (bicyclic) bond motifs is 1. The van der Waals surface area contributed by atoms with Crippen LogP contribution in [0.3, 0.4) is 0 Å². The van der Waals surface area contributed by atoms with Crippen LogP contribution in [0.1, 0.15) is 16.7 Å². The fraction of sp³-hybridized carbons (Fsp3) is 0.278. The van der Waals surface area contributed by atoms with Crippen molar-refractivity contribution in [3.8, 4) is 23.3 Å². The smallest absolute Gasteiger partial charge is 0.203 e. The molecule has 0 spiro atoms. The summed E-state index contributed by atoms with van der Waals surface area (Å²) in [5.74, 6) is 2.08. The number of rotatable bonds is 5. The number of nitrogens with one attached hydrogen (secondary N) is 1. The maximum Gasteiger partial charge on any atom is 0.203 e. The van der Waals surface area contributed by atoms with Crippen LogP contribution in [0.15, 0.2) is 36.4 Å². The third-order valence-corrected chi connectivity index (χ3v) is 3.60. The van der Waals surface area contributed by atoms with Crippen molar-refractivity contribution in [2.24, 2.45) is 0 Å². The summed E-state index contributed by atoms with van der Waals surface area (Å²) in [5.41, 5.74) is 2.81. The molecule has 0 aliphatic carbocycles. The Morgan fingerprint density at radius 3 is 2.78 bits per heavy atom. The standard InChI is InChI=1S/C18H18N2O3/c1-21-16-8-15(9-17-18(16)23-6-5-22-17)12-20-11-14-4-2-3-13(7-14)10-19/h2-4,7-9,20H,5-6,11-12H2,1H3. The number of methoxy groups -OCH3 is 1. The van der Waals surface area contributed by atoms with Crippen molar-refractivity contribution in [1.29, 1.82) is 5.26 Å². The van der Waals surface area contributed by atoms with Gasteiger partial charge in [0.05, 0.1) is 18.7 Å². The van der Waals surface area contributed by atoms with Crippen LogP contribution in [0.5, 0.6) is 17.2 Å². The second kappa shape index (κ2) is 7.03. The first-order chi connectivity index (χ1) is 11.3. The van der Waals surface area contributed by atoms with Gasteiger partial charge >= 0.3 is 0 Å². The summed E-state index contributed by atoms with van der Waals surface area (Å²) >= 11 is 0. The molecule has 3 rings (SSSR count). The molecule has 0 atom stereocenters. The van der Waals surface area contributed by atoms with E-state index in [9.17, 15) is 0 Å². The van der Waals surface area contributed by atoms with Gasteiger partial charge in [0.1, 0.15) is 13.2 Å². The van der Waals surface area contributed by atoms with Crippen LogP contribution < -0.4 is 19.5 Å². The zero-order valence-corrected chi connectivity index (χ0v) is 13.0. The maximum atomic E-state index is 8.93. The van der Waals surface area contributed by atoms with Crippen molar-refractivity contribution in [2.45, 2.75) is 13.1 Å². The van der Waals surface area contributed by atoms with E-state index < -0.39 is 0 Å². The van der Waals surface area contributed by atoms with Crippen molar-refractivity contribution in [3.63, 3.8) is 0 Å². The number of hydrogen-bond acceptors (Lipinski definition) is 5. The van der Waals surface area contributed by atoms with E-state index >= 15 is 0 Å². The fourth-order valence-electron chi connectivity index (χ4n) is 2.53. The maximum absolute atomic E-state index is 8.93. The molecule has 0 unspecified atom stereocenters. The van der Waals surface area contributed by atoms with Gasteiger partial charge in [0, 0.05) is 13.1 Å². The molecule has 1 aliphatic heterocycles. The third kappa shape index (κ3) is 3.55. The molecule has 0 saturated heterocycles. The molecule has 1 N–H and O–H groups in total. The molecule has 0 aromatic heterocycles. The monoisotopic (exact) mass is 310 g/mol. The molecule has 23 heavy (non-hydrogen) atoms. The minimum absolute atomic E-state index is 0.538. The Kier molecular flexibility index (Phi) is 4.65. The minimum Gasteiger partial charge on any atom is -0.493 e.